The summed E-state index contributed by atoms with van der Waals surface area (Å²) in [4.78, 5) is 13.9. The maximum Gasteiger partial charge on any atom is 0.411 e. The first-order chi connectivity index (χ1) is 14.8. The molecule has 0 saturated carbocycles. The molecule has 3 rings (SSSR count). The van der Waals surface area contributed by atoms with E-state index in [-0.39, 0.29) is 36.1 Å². The molecule has 1 saturated heterocycles. The molecule has 0 radical (unpaired) electrons. The summed E-state index contributed by atoms with van der Waals surface area (Å²) in [6.45, 7) is 5.54. The Bertz CT molecular complexity index is 1010. The van der Waals surface area contributed by atoms with Gasteiger partial charge in [-0.2, -0.15) is 4.31 Å². The number of halogens is 1. The maximum atomic E-state index is 13.2. The molecule has 0 unspecified atom stereocenters. The van der Waals surface area contributed by atoms with Crippen molar-refractivity contribution in [1.29, 1.82) is 0 Å². The van der Waals surface area contributed by atoms with Crippen molar-refractivity contribution in [3.05, 3.63) is 48.3 Å². The van der Waals surface area contributed by atoms with Gasteiger partial charge in [0, 0.05) is 31.9 Å². The van der Waals surface area contributed by atoms with Crippen LogP contribution in [-0.4, -0.2) is 58.2 Å². The van der Waals surface area contributed by atoms with Gasteiger partial charge in [0.25, 0.3) is 0 Å². The zero-order valence-electron chi connectivity index (χ0n) is 17.5. The minimum atomic E-state index is -3.78. The van der Waals surface area contributed by atoms with Crippen molar-refractivity contribution >= 4 is 27.5 Å². The largest absolute Gasteiger partial charge is 0.492 e. The molecule has 1 aliphatic rings. The van der Waals surface area contributed by atoms with E-state index >= 15 is 0 Å². The number of hydrogen-bond acceptors (Lipinski definition) is 6. The predicted molar refractivity (Wildman–Crippen MR) is 116 cm³/mol. The zero-order chi connectivity index (χ0) is 22.4. The average Bonchev–Trinajstić information content (AvgIpc) is 2.76. The predicted octanol–water partition coefficient (Wildman–Crippen LogP) is 3.30. The van der Waals surface area contributed by atoms with Gasteiger partial charge in [0.2, 0.25) is 10.0 Å². The first kappa shape index (κ1) is 22.8. The molecule has 1 amide bonds. The molecule has 8 nitrogen and oxygen atoms in total. The number of hydrogen-bond donors (Lipinski definition) is 1. The van der Waals surface area contributed by atoms with Crippen molar-refractivity contribution in [3.8, 4) is 5.75 Å². The van der Waals surface area contributed by atoms with Crippen molar-refractivity contribution in [2.24, 2.45) is 0 Å². The second-order valence-corrected chi connectivity index (χ2v) is 8.74. The average molecular weight is 452 g/mol. The van der Waals surface area contributed by atoms with E-state index in [1.54, 1.807) is 26.0 Å². The van der Waals surface area contributed by atoms with Crippen molar-refractivity contribution in [3.63, 3.8) is 0 Å². The van der Waals surface area contributed by atoms with Crippen molar-refractivity contribution in [2.45, 2.75) is 18.7 Å². The minimum Gasteiger partial charge on any atom is -0.492 e. The normalized spacial score (nSPS) is 14.9. The highest BCUT2D eigenvalue weighted by molar-refractivity contribution is 7.89. The smallest absolute Gasteiger partial charge is 0.411 e. The summed E-state index contributed by atoms with van der Waals surface area (Å²) in [5.41, 5.74) is 1.08. The Morgan fingerprint density at radius 3 is 2.32 bits per heavy atom. The Morgan fingerprint density at radius 2 is 1.71 bits per heavy atom. The second-order valence-electron chi connectivity index (χ2n) is 6.80. The third kappa shape index (κ3) is 5.45. The van der Waals surface area contributed by atoms with Crippen LogP contribution in [0.5, 0.6) is 5.75 Å². The van der Waals surface area contributed by atoms with Gasteiger partial charge in [-0.15, -0.1) is 0 Å². The van der Waals surface area contributed by atoms with E-state index in [9.17, 15) is 17.6 Å². The fraction of sp³-hybridized carbons (Fsp3) is 0.381. The molecule has 168 valence electrons. The second kappa shape index (κ2) is 9.97. The molecule has 2 aromatic carbocycles. The van der Waals surface area contributed by atoms with E-state index in [2.05, 4.69) is 5.32 Å². The fourth-order valence-corrected chi connectivity index (χ4v) is 4.76. The van der Waals surface area contributed by atoms with Crippen LogP contribution in [0.2, 0.25) is 0 Å². The summed E-state index contributed by atoms with van der Waals surface area (Å²) in [6, 6.07) is 10.5. The van der Waals surface area contributed by atoms with Gasteiger partial charge in [0.05, 0.1) is 23.8 Å². The molecule has 10 heteroatoms. The van der Waals surface area contributed by atoms with Gasteiger partial charge in [0.15, 0.2) is 0 Å². The number of rotatable bonds is 7. The number of amides is 1. The molecule has 1 fully saturated rings. The van der Waals surface area contributed by atoms with Gasteiger partial charge in [0.1, 0.15) is 11.6 Å². The SMILES string of the molecule is CCOC(=O)Nc1cc(S(=O)(=O)N2CCN(c3ccc(F)cc3)CC2)ccc1OCC. The summed E-state index contributed by atoms with van der Waals surface area (Å²) in [6.07, 6.45) is -0.689. The van der Waals surface area contributed by atoms with Gasteiger partial charge in [-0.3, -0.25) is 5.32 Å². The summed E-state index contributed by atoms with van der Waals surface area (Å²) in [7, 11) is -3.78. The van der Waals surface area contributed by atoms with Gasteiger partial charge in [-0.25, -0.2) is 17.6 Å². The van der Waals surface area contributed by atoms with E-state index in [0.29, 0.717) is 25.4 Å². The lowest BCUT2D eigenvalue weighted by Crippen LogP contribution is -2.48. The first-order valence-electron chi connectivity index (χ1n) is 10.1. The van der Waals surface area contributed by atoms with Crippen LogP contribution >= 0.6 is 0 Å². The first-order valence-corrected chi connectivity index (χ1v) is 11.5. The van der Waals surface area contributed by atoms with Crippen LogP contribution in [0.15, 0.2) is 47.4 Å². The van der Waals surface area contributed by atoms with Crippen LogP contribution in [-0.2, 0) is 14.8 Å². The molecule has 31 heavy (non-hydrogen) atoms. The molecular weight excluding hydrogens is 425 g/mol. The van der Waals surface area contributed by atoms with Crippen molar-refractivity contribution < 1.29 is 27.1 Å². The Balaban J connectivity index is 1.76. The number of piperazine rings is 1. The van der Waals surface area contributed by atoms with Gasteiger partial charge in [-0.05, 0) is 56.3 Å². The van der Waals surface area contributed by atoms with Crippen molar-refractivity contribution in [1.82, 2.24) is 4.31 Å². The summed E-state index contributed by atoms with van der Waals surface area (Å²) < 4.78 is 51.3. The number of carbonyl (C=O) groups is 1. The third-order valence-corrected chi connectivity index (χ3v) is 6.73. The standard InChI is InChI=1S/C21H26FN3O5S/c1-3-29-20-10-9-18(15-19(20)23-21(26)30-4-2)31(27,28)25-13-11-24(12-14-25)17-7-5-16(22)6-8-17/h5-10,15H,3-4,11-14H2,1-2H3,(H,23,26). The topological polar surface area (TPSA) is 88.2 Å². The lowest BCUT2D eigenvalue weighted by Gasteiger charge is -2.35. The minimum absolute atomic E-state index is 0.0537. The van der Waals surface area contributed by atoms with Crippen LogP contribution in [0.25, 0.3) is 0 Å². The van der Waals surface area contributed by atoms with Crippen LogP contribution in [0.3, 0.4) is 0 Å². The molecule has 1 heterocycles. The van der Waals surface area contributed by atoms with Crippen LogP contribution in [0.4, 0.5) is 20.6 Å². The molecule has 0 atom stereocenters. The van der Waals surface area contributed by atoms with Gasteiger partial charge >= 0.3 is 6.09 Å². The Hall–Kier alpha value is -2.85. The summed E-state index contributed by atoms with van der Waals surface area (Å²) >= 11 is 0. The number of nitrogens with zero attached hydrogens (tertiary/aromatic N) is 2. The van der Waals surface area contributed by atoms with Gasteiger partial charge in [-0.1, -0.05) is 0 Å². The van der Waals surface area contributed by atoms with Crippen LogP contribution < -0.4 is 15.0 Å². The Kier molecular flexibility index (Phi) is 7.34. The monoisotopic (exact) mass is 451 g/mol. The maximum absolute atomic E-state index is 13.2. The molecule has 0 bridgehead atoms. The van der Waals surface area contributed by atoms with E-state index in [0.717, 1.165) is 5.69 Å². The molecule has 1 N–H and O–H groups in total. The number of carbonyl (C=O) groups excluding carboxylic acids is 1. The van der Waals surface area contributed by atoms with E-state index in [1.165, 1.54) is 34.6 Å². The number of nitrogens with one attached hydrogen (secondary N) is 1. The van der Waals surface area contributed by atoms with Crippen molar-refractivity contribution in [2.75, 3.05) is 49.6 Å². The zero-order valence-corrected chi connectivity index (χ0v) is 18.3. The molecule has 2 aromatic rings. The molecule has 0 spiro atoms. The number of ether oxygens (including phenoxy) is 2. The molecular formula is C21H26FN3O5S. The number of anilines is 2. The highest BCUT2D eigenvalue weighted by atomic mass is 32.2. The Labute approximate surface area is 181 Å². The number of benzene rings is 2. The fourth-order valence-electron chi connectivity index (χ4n) is 3.31. The lowest BCUT2D eigenvalue weighted by molar-refractivity contribution is 0.167. The van der Waals surface area contributed by atoms with E-state index in [1.807, 2.05) is 4.90 Å². The third-order valence-electron chi connectivity index (χ3n) is 4.83. The highest BCUT2D eigenvalue weighted by Gasteiger charge is 2.29. The highest BCUT2D eigenvalue weighted by Crippen LogP contribution is 2.30. The summed E-state index contributed by atoms with van der Waals surface area (Å²) in [5, 5.41) is 2.54. The molecule has 0 aliphatic carbocycles. The number of sulfonamides is 1. The van der Waals surface area contributed by atoms with E-state index in [4.69, 9.17) is 9.47 Å². The lowest BCUT2D eigenvalue weighted by atomic mass is 10.2. The molecule has 0 aromatic heterocycles. The summed E-state index contributed by atoms with van der Waals surface area (Å²) in [5.74, 6) is 0.0447. The van der Waals surface area contributed by atoms with Crippen LogP contribution in [0.1, 0.15) is 13.8 Å². The van der Waals surface area contributed by atoms with Crippen LogP contribution in [0, 0.1) is 5.82 Å². The van der Waals surface area contributed by atoms with E-state index < -0.39 is 16.1 Å². The quantitative estimate of drug-likeness (QED) is 0.695. The van der Waals surface area contributed by atoms with Gasteiger partial charge < -0.3 is 14.4 Å². The Morgan fingerprint density at radius 1 is 1.03 bits per heavy atom. The molecule has 1 aliphatic heterocycles.